The summed E-state index contributed by atoms with van der Waals surface area (Å²) in [5.41, 5.74) is 0.928. The molecule has 2 aliphatic rings. The van der Waals surface area contributed by atoms with Crippen LogP contribution in [-0.2, 0) is 4.74 Å². The van der Waals surface area contributed by atoms with E-state index in [1.165, 1.54) is 4.90 Å². The van der Waals surface area contributed by atoms with Gasteiger partial charge in [0.25, 0.3) is 5.91 Å². The second-order valence-corrected chi connectivity index (χ2v) is 8.35. The first-order chi connectivity index (χ1) is 15.2. The Kier molecular flexibility index (Phi) is 5.87. The Hall–Kier alpha value is -3.04. The molecule has 32 heavy (non-hydrogen) atoms. The molecule has 0 N–H and O–H groups in total. The first-order valence-electron chi connectivity index (χ1n) is 10.6. The van der Waals surface area contributed by atoms with Crippen LogP contribution in [0.25, 0.3) is 5.69 Å². The number of aromatic nitrogens is 2. The number of alkyl halides is 3. The smallest absolute Gasteiger partial charge is 0.425 e. The van der Waals surface area contributed by atoms with Gasteiger partial charge in [0.1, 0.15) is 0 Å². The Bertz CT molecular complexity index is 968. The average Bonchev–Trinajstić information content (AvgIpc) is 3.42. The van der Waals surface area contributed by atoms with E-state index < -0.39 is 23.9 Å². The molecule has 172 valence electrons. The van der Waals surface area contributed by atoms with Crippen molar-refractivity contribution in [1.82, 2.24) is 19.6 Å². The molecule has 0 saturated carbocycles. The highest BCUT2D eigenvalue weighted by Crippen LogP contribution is 2.39. The van der Waals surface area contributed by atoms with Crippen LogP contribution in [0.15, 0.2) is 42.7 Å². The van der Waals surface area contributed by atoms with Crippen LogP contribution in [0.3, 0.4) is 0 Å². The average molecular weight is 450 g/mol. The maximum Gasteiger partial charge on any atom is 0.425 e. The zero-order valence-electron chi connectivity index (χ0n) is 17.7. The molecule has 2 aromatic rings. The van der Waals surface area contributed by atoms with Gasteiger partial charge in [-0.25, -0.2) is 9.48 Å². The number of likely N-dealkylation sites (tertiary alicyclic amines) is 2. The molecule has 3 heterocycles. The highest BCUT2D eigenvalue weighted by Gasteiger charge is 2.47. The molecule has 4 rings (SSSR count). The lowest BCUT2D eigenvalue weighted by Gasteiger charge is -2.44. The normalized spacial score (nSPS) is 19.2. The Balaban J connectivity index is 1.41. The lowest BCUT2D eigenvalue weighted by atomic mass is 9.85. The number of hydrogen-bond donors (Lipinski definition) is 0. The van der Waals surface area contributed by atoms with Gasteiger partial charge in [-0.1, -0.05) is 18.2 Å². The molecule has 1 aromatic carbocycles. The Morgan fingerprint density at radius 2 is 1.78 bits per heavy atom. The van der Waals surface area contributed by atoms with Crippen LogP contribution < -0.4 is 0 Å². The number of amides is 2. The summed E-state index contributed by atoms with van der Waals surface area (Å²) in [5.74, 6) is -0.119. The maximum absolute atomic E-state index is 13.3. The minimum absolute atomic E-state index is 0.119. The van der Waals surface area contributed by atoms with Crippen LogP contribution in [0.2, 0.25) is 0 Å². The van der Waals surface area contributed by atoms with Crippen molar-refractivity contribution in [3.63, 3.8) is 0 Å². The number of hydrogen-bond acceptors (Lipinski definition) is 4. The van der Waals surface area contributed by atoms with Crippen molar-refractivity contribution < 1.29 is 27.5 Å². The molecule has 2 fully saturated rings. The fourth-order valence-corrected chi connectivity index (χ4v) is 4.48. The topological polar surface area (TPSA) is 67.7 Å². The number of carbonyl (C=O) groups excluding carboxylic acids is 2. The third-order valence-corrected chi connectivity index (χ3v) is 6.38. The van der Waals surface area contributed by atoms with E-state index in [-0.39, 0.29) is 19.0 Å². The van der Waals surface area contributed by atoms with Gasteiger partial charge in [0, 0.05) is 31.4 Å². The van der Waals surface area contributed by atoms with Gasteiger partial charge in [-0.3, -0.25) is 4.79 Å². The van der Waals surface area contributed by atoms with Crippen molar-refractivity contribution in [2.75, 3.05) is 19.6 Å². The van der Waals surface area contributed by atoms with Gasteiger partial charge in [-0.05, 0) is 44.7 Å². The van der Waals surface area contributed by atoms with Gasteiger partial charge >= 0.3 is 12.3 Å². The second-order valence-electron chi connectivity index (χ2n) is 8.35. The lowest BCUT2D eigenvalue weighted by molar-refractivity contribution is -0.200. The third kappa shape index (κ3) is 4.31. The summed E-state index contributed by atoms with van der Waals surface area (Å²) >= 11 is 0. The van der Waals surface area contributed by atoms with Crippen LogP contribution in [-0.4, -0.2) is 69.0 Å². The maximum atomic E-state index is 13.3. The van der Waals surface area contributed by atoms with E-state index in [1.807, 2.05) is 35.2 Å². The fraction of sp³-hybridized carbons (Fsp3) is 0.500. The van der Waals surface area contributed by atoms with Crippen LogP contribution in [0.4, 0.5) is 18.0 Å². The molecule has 10 heteroatoms. The van der Waals surface area contributed by atoms with Crippen LogP contribution in [0.1, 0.15) is 43.0 Å². The minimum atomic E-state index is -4.59. The van der Waals surface area contributed by atoms with Crippen LogP contribution >= 0.6 is 0 Å². The lowest BCUT2D eigenvalue weighted by Crippen LogP contribution is -2.55. The second kappa shape index (κ2) is 8.48. The van der Waals surface area contributed by atoms with E-state index in [0.29, 0.717) is 24.9 Å². The monoisotopic (exact) mass is 450 g/mol. The number of ether oxygens (including phenoxy) is 1. The van der Waals surface area contributed by atoms with Crippen molar-refractivity contribution in [1.29, 1.82) is 0 Å². The molecule has 0 bridgehead atoms. The fourth-order valence-electron chi connectivity index (χ4n) is 4.48. The molecule has 1 spiro atoms. The molecule has 2 amide bonds. The van der Waals surface area contributed by atoms with Gasteiger partial charge in [-0.2, -0.15) is 18.3 Å². The van der Waals surface area contributed by atoms with Crippen molar-refractivity contribution in [3.05, 3.63) is 48.3 Å². The summed E-state index contributed by atoms with van der Waals surface area (Å²) < 4.78 is 44.3. The van der Waals surface area contributed by atoms with Gasteiger partial charge in [0.05, 0.1) is 17.4 Å². The molecule has 2 aliphatic heterocycles. The summed E-state index contributed by atoms with van der Waals surface area (Å²) in [4.78, 5) is 28.6. The number of nitrogens with zero attached hydrogens (tertiary/aromatic N) is 4. The minimum Gasteiger partial charge on any atom is -0.437 e. The zero-order chi connectivity index (χ0) is 22.9. The SMILES string of the molecule is CC(OC(=O)N1CCC2(CCCN2C(=O)c2cnn(-c3ccccc3)c2)CC1)C(F)(F)F. The number of carbonyl (C=O) groups is 2. The highest BCUT2D eigenvalue weighted by molar-refractivity contribution is 5.94. The predicted octanol–water partition coefficient (Wildman–Crippen LogP) is 4.03. The summed E-state index contributed by atoms with van der Waals surface area (Å²) in [5, 5.41) is 4.30. The highest BCUT2D eigenvalue weighted by atomic mass is 19.4. The van der Waals surface area contributed by atoms with E-state index in [9.17, 15) is 22.8 Å². The van der Waals surface area contributed by atoms with Crippen molar-refractivity contribution >= 4 is 12.0 Å². The van der Waals surface area contributed by atoms with Gasteiger partial charge in [0.15, 0.2) is 6.10 Å². The first kappa shape index (κ1) is 22.2. The molecule has 2 saturated heterocycles. The predicted molar refractivity (Wildman–Crippen MR) is 109 cm³/mol. The molecule has 7 nitrogen and oxygen atoms in total. The number of rotatable bonds is 3. The van der Waals surface area contributed by atoms with Gasteiger partial charge < -0.3 is 14.5 Å². The first-order valence-corrected chi connectivity index (χ1v) is 10.6. The molecular formula is C22H25F3N4O3. The summed E-state index contributed by atoms with van der Waals surface area (Å²) in [6.45, 7) is 1.91. The van der Waals surface area contributed by atoms with E-state index in [2.05, 4.69) is 9.84 Å². The van der Waals surface area contributed by atoms with Crippen LogP contribution in [0, 0.1) is 0 Å². The van der Waals surface area contributed by atoms with E-state index in [0.717, 1.165) is 25.5 Å². The van der Waals surface area contributed by atoms with Gasteiger partial charge in [0.2, 0.25) is 0 Å². The zero-order valence-corrected chi connectivity index (χ0v) is 17.7. The quantitative estimate of drug-likeness (QED) is 0.708. The molecule has 1 aromatic heterocycles. The Morgan fingerprint density at radius 1 is 1.09 bits per heavy atom. The Morgan fingerprint density at radius 3 is 2.44 bits per heavy atom. The molecule has 0 radical (unpaired) electrons. The third-order valence-electron chi connectivity index (χ3n) is 6.38. The molecular weight excluding hydrogens is 425 g/mol. The van der Waals surface area contributed by atoms with Crippen molar-refractivity contribution in [2.45, 2.75) is 50.4 Å². The molecule has 0 aliphatic carbocycles. The standard InChI is InChI=1S/C22H25F3N4O3/c1-16(22(23,24)25)32-20(31)27-12-9-21(10-13-27)8-5-11-28(21)19(30)17-14-26-29(15-17)18-6-3-2-4-7-18/h2-4,6-7,14-16H,5,8-13H2,1H3. The Labute approximate surface area is 183 Å². The summed E-state index contributed by atoms with van der Waals surface area (Å²) in [6.07, 6.45) is -1.82. The number of para-hydroxylation sites is 1. The summed E-state index contributed by atoms with van der Waals surface area (Å²) in [6, 6.07) is 9.48. The van der Waals surface area contributed by atoms with E-state index in [4.69, 9.17) is 0 Å². The number of piperidine rings is 1. The van der Waals surface area contributed by atoms with Gasteiger partial charge in [-0.15, -0.1) is 0 Å². The van der Waals surface area contributed by atoms with Crippen LogP contribution in [0.5, 0.6) is 0 Å². The molecule has 1 atom stereocenters. The van der Waals surface area contributed by atoms with E-state index in [1.54, 1.807) is 17.1 Å². The number of benzene rings is 1. The largest absolute Gasteiger partial charge is 0.437 e. The molecule has 1 unspecified atom stereocenters. The summed E-state index contributed by atoms with van der Waals surface area (Å²) in [7, 11) is 0. The van der Waals surface area contributed by atoms with Crippen molar-refractivity contribution in [2.24, 2.45) is 0 Å². The van der Waals surface area contributed by atoms with E-state index >= 15 is 0 Å². The number of halogens is 3. The van der Waals surface area contributed by atoms with Crippen molar-refractivity contribution in [3.8, 4) is 5.69 Å².